The molecule has 0 spiro atoms. The molecule has 2 nitrogen and oxygen atoms in total. The summed E-state index contributed by atoms with van der Waals surface area (Å²) in [5.41, 5.74) is 1.26. The molecule has 0 fully saturated rings. The smallest absolute Gasteiger partial charge is 0.137 e. The van der Waals surface area contributed by atoms with Crippen LogP contribution in [0.15, 0.2) is 18.2 Å². The van der Waals surface area contributed by atoms with E-state index in [0.29, 0.717) is 23.8 Å². The largest absolute Gasteiger partial charge is 0.492 e. The maximum atomic E-state index is 12.4. The normalized spacial score (nSPS) is 10.1. The molecule has 1 rings (SSSR count). The molecule has 0 saturated carbocycles. The van der Waals surface area contributed by atoms with Gasteiger partial charge in [-0.2, -0.15) is 5.26 Å². The summed E-state index contributed by atoms with van der Waals surface area (Å²) < 4.78 is 17.7. The monoisotopic (exact) mass is 206 g/mol. The van der Waals surface area contributed by atoms with Crippen molar-refractivity contribution in [1.29, 1.82) is 5.26 Å². The van der Waals surface area contributed by atoms with E-state index in [9.17, 15) is 4.39 Å². The fourth-order valence-electron chi connectivity index (χ4n) is 1.23. The molecule has 1 radical (unpaired) electrons. The Morgan fingerprint density at radius 3 is 2.80 bits per heavy atom. The number of benzene rings is 1. The van der Waals surface area contributed by atoms with Crippen molar-refractivity contribution in [1.82, 2.24) is 0 Å². The summed E-state index contributed by atoms with van der Waals surface area (Å²) in [5, 5.41) is 8.82. The van der Waals surface area contributed by atoms with Crippen LogP contribution in [-0.4, -0.2) is 13.3 Å². The van der Waals surface area contributed by atoms with Gasteiger partial charge < -0.3 is 4.74 Å². The summed E-state index contributed by atoms with van der Waals surface area (Å²) in [4.78, 5) is 0. The summed E-state index contributed by atoms with van der Waals surface area (Å²) in [6.45, 7) is 3.57. The first-order valence-electron chi connectivity index (χ1n) is 4.78. The number of nitrogens with zero attached hydrogens (tertiary/aromatic N) is 1. The lowest BCUT2D eigenvalue weighted by atomic mass is 10.0. The van der Waals surface area contributed by atoms with E-state index in [4.69, 9.17) is 10.00 Å². The molecular weight excluding hydrogens is 193 g/mol. The van der Waals surface area contributed by atoms with Crippen LogP contribution in [0.2, 0.25) is 0 Å². The maximum Gasteiger partial charge on any atom is 0.137 e. The fourth-order valence-corrected chi connectivity index (χ4v) is 1.23. The number of hydrogen-bond donors (Lipinski definition) is 0. The predicted molar refractivity (Wildman–Crippen MR) is 56.3 cm³/mol. The maximum absolute atomic E-state index is 12.4. The predicted octanol–water partition coefficient (Wildman–Crippen LogP) is 2.87. The van der Waals surface area contributed by atoms with Gasteiger partial charge in [0.25, 0.3) is 0 Å². The average molecular weight is 206 g/mol. The number of alkyl halides is 1. The molecule has 79 valence electrons. The Labute approximate surface area is 89.3 Å². The Morgan fingerprint density at radius 2 is 2.27 bits per heavy atom. The summed E-state index contributed by atoms with van der Waals surface area (Å²) in [7, 11) is 0. The van der Waals surface area contributed by atoms with Crippen LogP contribution in [0.4, 0.5) is 4.39 Å². The minimum Gasteiger partial charge on any atom is -0.492 e. The lowest BCUT2D eigenvalue weighted by molar-refractivity contribution is 0.339. The highest BCUT2D eigenvalue weighted by molar-refractivity contribution is 5.48. The first-order valence-corrected chi connectivity index (χ1v) is 4.78. The van der Waals surface area contributed by atoms with Crippen molar-refractivity contribution in [2.45, 2.75) is 13.8 Å². The highest BCUT2D eigenvalue weighted by Crippen LogP contribution is 2.24. The van der Waals surface area contributed by atoms with Crippen molar-refractivity contribution in [2.75, 3.05) is 13.3 Å². The SMILES string of the molecule is CCOc1cc([C](C)CF)ccc1C#N. The lowest BCUT2D eigenvalue weighted by Crippen LogP contribution is -2.00. The molecule has 0 aromatic heterocycles. The number of halogens is 1. The molecule has 0 bridgehead atoms. The van der Waals surface area contributed by atoms with Crippen LogP contribution < -0.4 is 4.74 Å². The molecular formula is C12H13FNO. The highest BCUT2D eigenvalue weighted by Gasteiger charge is 2.09. The molecule has 0 amide bonds. The summed E-state index contributed by atoms with van der Waals surface area (Å²) in [6.07, 6.45) is 0. The van der Waals surface area contributed by atoms with Gasteiger partial charge in [-0.3, -0.25) is 4.39 Å². The van der Waals surface area contributed by atoms with Crippen LogP contribution in [0.5, 0.6) is 5.75 Å². The zero-order valence-electron chi connectivity index (χ0n) is 8.88. The van der Waals surface area contributed by atoms with E-state index >= 15 is 0 Å². The van der Waals surface area contributed by atoms with Crippen LogP contribution in [0.1, 0.15) is 25.0 Å². The van der Waals surface area contributed by atoms with Crippen molar-refractivity contribution in [3.63, 3.8) is 0 Å². The second-order valence-corrected chi connectivity index (χ2v) is 3.17. The van der Waals surface area contributed by atoms with Gasteiger partial charge in [0.2, 0.25) is 0 Å². The van der Waals surface area contributed by atoms with Gasteiger partial charge in [-0.05, 0) is 24.6 Å². The number of rotatable bonds is 4. The van der Waals surface area contributed by atoms with Crippen LogP contribution in [0, 0.1) is 17.2 Å². The third-order valence-corrected chi connectivity index (χ3v) is 2.10. The Bertz CT molecular complexity index is 370. The third kappa shape index (κ3) is 2.69. The van der Waals surface area contributed by atoms with E-state index in [2.05, 4.69) is 0 Å². The molecule has 0 aliphatic carbocycles. The van der Waals surface area contributed by atoms with Crippen molar-refractivity contribution in [3.05, 3.63) is 35.2 Å². The minimum absolute atomic E-state index is 0.479. The van der Waals surface area contributed by atoms with Crippen LogP contribution >= 0.6 is 0 Å². The Hall–Kier alpha value is -1.56. The Balaban J connectivity index is 3.05. The molecule has 0 saturated heterocycles. The van der Waals surface area contributed by atoms with Gasteiger partial charge in [-0.1, -0.05) is 13.0 Å². The van der Waals surface area contributed by atoms with Crippen LogP contribution in [-0.2, 0) is 0 Å². The van der Waals surface area contributed by atoms with E-state index in [0.717, 1.165) is 5.56 Å². The van der Waals surface area contributed by atoms with Gasteiger partial charge in [-0.15, -0.1) is 0 Å². The molecule has 0 unspecified atom stereocenters. The summed E-state index contributed by atoms with van der Waals surface area (Å²) >= 11 is 0. The van der Waals surface area contributed by atoms with E-state index in [1.165, 1.54) is 0 Å². The lowest BCUT2D eigenvalue weighted by Gasteiger charge is -2.10. The summed E-state index contributed by atoms with van der Waals surface area (Å²) in [5.74, 6) is 1.16. The fraction of sp³-hybridized carbons (Fsp3) is 0.333. The van der Waals surface area contributed by atoms with Gasteiger partial charge in [0, 0.05) is 5.92 Å². The van der Waals surface area contributed by atoms with Gasteiger partial charge in [0.15, 0.2) is 0 Å². The zero-order chi connectivity index (χ0) is 11.3. The molecule has 3 heteroatoms. The van der Waals surface area contributed by atoms with E-state index in [1.807, 2.05) is 13.0 Å². The average Bonchev–Trinajstić information content (AvgIpc) is 2.28. The Kier molecular flexibility index (Phi) is 4.11. The quantitative estimate of drug-likeness (QED) is 0.758. The first kappa shape index (κ1) is 11.5. The summed E-state index contributed by atoms with van der Waals surface area (Å²) in [6, 6.07) is 7.13. The molecule has 1 aromatic carbocycles. The molecule has 0 aliphatic rings. The van der Waals surface area contributed by atoms with E-state index < -0.39 is 6.67 Å². The number of nitriles is 1. The van der Waals surface area contributed by atoms with Gasteiger partial charge >= 0.3 is 0 Å². The first-order chi connectivity index (χ1) is 7.22. The standard InChI is InChI=1S/C12H13FNO/c1-3-15-12-6-10(9(2)7-13)4-5-11(12)8-14/h4-6H,3,7H2,1-2H3. The van der Waals surface area contributed by atoms with Crippen molar-refractivity contribution >= 4 is 0 Å². The third-order valence-electron chi connectivity index (χ3n) is 2.10. The Morgan fingerprint density at radius 1 is 1.53 bits per heavy atom. The van der Waals surface area contributed by atoms with Gasteiger partial charge in [0.05, 0.1) is 18.8 Å². The molecule has 15 heavy (non-hydrogen) atoms. The van der Waals surface area contributed by atoms with E-state index in [-0.39, 0.29) is 0 Å². The highest BCUT2D eigenvalue weighted by atomic mass is 19.1. The molecule has 0 aliphatic heterocycles. The van der Waals surface area contributed by atoms with Gasteiger partial charge in [-0.25, -0.2) is 0 Å². The second-order valence-electron chi connectivity index (χ2n) is 3.17. The minimum atomic E-state index is -0.489. The second kappa shape index (κ2) is 5.35. The van der Waals surface area contributed by atoms with E-state index in [1.54, 1.807) is 25.1 Å². The molecule has 0 heterocycles. The van der Waals surface area contributed by atoms with Crippen LogP contribution in [0.25, 0.3) is 0 Å². The zero-order valence-corrected chi connectivity index (χ0v) is 8.88. The van der Waals surface area contributed by atoms with Crippen LogP contribution in [0.3, 0.4) is 0 Å². The van der Waals surface area contributed by atoms with Crippen molar-refractivity contribution in [2.24, 2.45) is 0 Å². The van der Waals surface area contributed by atoms with Crippen molar-refractivity contribution < 1.29 is 9.13 Å². The van der Waals surface area contributed by atoms with Gasteiger partial charge in [0.1, 0.15) is 11.8 Å². The van der Waals surface area contributed by atoms with Crippen molar-refractivity contribution in [3.8, 4) is 11.8 Å². The molecule has 0 N–H and O–H groups in total. The molecule has 1 aromatic rings. The topological polar surface area (TPSA) is 33.0 Å². The molecule has 0 atom stereocenters. The number of ether oxygens (including phenoxy) is 1. The number of hydrogen-bond acceptors (Lipinski definition) is 2.